The molecule has 0 aliphatic rings. The number of rotatable bonds is 4. The third-order valence-electron chi connectivity index (χ3n) is 10.8. The highest BCUT2D eigenvalue weighted by Gasteiger charge is 2.17. The summed E-state index contributed by atoms with van der Waals surface area (Å²) >= 11 is 0. The van der Waals surface area contributed by atoms with Crippen molar-refractivity contribution in [3.8, 4) is 39.7 Å². The fraction of sp³-hybridized carbons (Fsp3) is 0. The van der Waals surface area contributed by atoms with Crippen molar-refractivity contribution in [1.29, 1.82) is 5.26 Å². The molecule has 8 aromatic carbocycles. The van der Waals surface area contributed by atoms with Gasteiger partial charge < -0.3 is 13.6 Å². The molecule has 53 heavy (non-hydrogen) atoms. The van der Waals surface area contributed by atoms with Gasteiger partial charge in [0.05, 0.1) is 33.7 Å². The highest BCUT2D eigenvalue weighted by molar-refractivity contribution is 6.14. The van der Waals surface area contributed by atoms with Crippen LogP contribution in [0.4, 0.5) is 0 Å². The van der Waals surface area contributed by atoms with E-state index in [1.54, 1.807) is 0 Å². The van der Waals surface area contributed by atoms with Crippen LogP contribution in [0, 0.1) is 11.3 Å². The van der Waals surface area contributed by atoms with Crippen molar-refractivity contribution in [2.75, 3.05) is 0 Å². The fourth-order valence-corrected chi connectivity index (χ4v) is 8.26. The number of hydrogen-bond donors (Lipinski definition) is 0. The van der Waals surface area contributed by atoms with Crippen molar-refractivity contribution in [3.05, 3.63) is 181 Å². The Bertz CT molecular complexity index is 3280. The molecule has 0 saturated heterocycles. The van der Waals surface area contributed by atoms with Gasteiger partial charge in [-0.2, -0.15) is 5.26 Å². The molecule has 3 heterocycles. The van der Waals surface area contributed by atoms with E-state index in [4.69, 9.17) is 4.42 Å². The van der Waals surface area contributed by atoms with Gasteiger partial charge in [0.2, 0.25) is 0 Å². The predicted octanol–water partition coefficient (Wildman–Crippen LogP) is 13.0. The molecule has 246 valence electrons. The van der Waals surface area contributed by atoms with Crippen LogP contribution in [0.5, 0.6) is 0 Å². The van der Waals surface area contributed by atoms with E-state index in [-0.39, 0.29) is 0 Å². The number of fused-ring (bicyclic) bond motifs is 9. The first kappa shape index (κ1) is 29.4. The van der Waals surface area contributed by atoms with Crippen LogP contribution in [-0.4, -0.2) is 9.13 Å². The number of furan rings is 1. The Balaban J connectivity index is 1.11. The quantitative estimate of drug-likeness (QED) is 0.186. The molecule has 0 saturated carbocycles. The van der Waals surface area contributed by atoms with Crippen molar-refractivity contribution >= 4 is 65.6 Å². The molecule has 0 atom stereocenters. The Morgan fingerprint density at radius 3 is 1.43 bits per heavy atom. The van der Waals surface area contributed by atoms with Gasteiger partial charge in [-0.1, -0.05) is 78.9 Å². The summed E-state index contributed by atoms with van der Waals surface area (Å²) in [5.41, 5.74) is 13.9. The number of para-hydroxylation sites is 3. The van der Waals surface area contributed by atoms with Crippen LogP contribution >= 0.6 is 0 Å². The van der Waals surface area contributed by atoms with Crippen LogP contribution in [0.2, 0.25) is 0 Å². The first-order valence-corrected chi connectivity index (χ1v) is 17.8. The molecule has 0 aliphatic carbocycles. The minimum Gasteiger partial charge on any atom is -0.456 e. The lowest BCUT2D eigenvalue weighted by Gasteiger charge is -2.09. The summed E-state index contributed by atoms with van der Waals surface area (Å²) < 4.78 is 10.8. The molecule has 0 bridgehead atoms. The summed E-state index contributed by atoms with van der Waals surface area (Å²) in [6.07, 6.45) is 0. The van der Waals surface area contributed by atoms with Crippen molar-refractivity contribution < 1.29 is 4.42 Å². The first-order valence-electron chi connectivity index (χ1n) is 17.8. The molecule has 0 radical (unpaired) electrons. The number of nitriles is 1. The summed E-state index contributed by atoms with van der Waals surface area (Å²) in [6.45, 7) is 0. The molecular formula is C49H29N3O. The lowest BCUT2D eigenvalue weighted by atomic mass is 9.98. The smallest absolute Gasteiger partial charge is 0.135 e. The van der Waals surface area contributed by atoms with E-state index < -0.39 is 0 Å². The van der Waals surface area contributed by atoms with Gasteiger partial charge in [-0.25, -0.2) is 0 Å². The molecule has 11 rings (SSSR count). The molecule has 0 amide bonds. The number of hydrogen-bond acceptors (Lipinski definition) is 2. The van der Waals surface area contributed by atoms with Gasteiger partial charge in [-0.15, -0.1) is 0 Å². The van der Waals surface area contributed by atoms with Gasteiger partial charge in [-0.3, -0.25) is 0 Å². The highest BCUT2D eigenvalue weighted by Crippen LogP contribution is 2.40. The van der Waals surface area contributed by atoms with Crippen LogP contribution in [-0.2, 0) is 0 Å². The van der Waals surface area contributed by atoms with Crippen LogP contribution in [0.15, 0.2) is 180 Å². The average molecular weight is 676 g/mol. The van der Waals surface area contributed by atoms with Crippen molar-refractivity contribution in [2.24, 2.45) is 0 Å². The van der Waals surface area contributed by atoms with Gasteiger partial charge in [0, 0.05) is 43.7 Å². The third kappa shape index (κ3) is 4.48. The molecule has 4 heteroatoms. The number of nitrogens with zero attached hydrogens (tertiary/aromatic N) is 3. The maximum absolute atomic E-state index is 9.39. The minimum atomic E-state index is 0.653. The van der Waals surface area contributed by atoms with Gasteiger partial charge in [-0.05, 0) is 119 Å². The van der Waals surface area contributed by atoms with Crippen LogP contribution in [0.1, 0.15) is 5.56 Å². The van der Waals surface area contributed by atoms with E-state index >= 15 is 0 Å². The molecule has 11 aromatic rings. The predicted molar refractivity (Wildman–Crippen MR) is 218 cm³/mol. The van der Waals surface area contributed by atoms with E-state index in [0.29, 0.717) is 5.56 Å². The van der Waals surface area contributed by atoms with Gasteiger partial charge >= 0.3 is 0 Å². The summed E-state index contributed by atoms with van der Waals surface area (Å²) in [6, 6.07) is 64.5. The maximum Gasteiger partial charge on any atom is 0.135 e. The van der Waals surface area contributed by atoms with Crippen molar-refractivity contribution in [3.63, 3.8) is 0 Å². The molecule has 3 aromatic heterocycles. The molecule has 4 nitrogen and oxygen atoms in total. The zero-order valence-corrected chi connectivity index (χ0v) is 28.5. The van der Waals surface area contributed by atoms with Gasteiger partial charge in [0.1, 0.15) is 11.2 Å². The van der Waals surface area contributed by atoms with Gasteiger partial charge in [0.15, 0.2) is 0 Å². The van der Waals surface area contributed by atoms with E-state index in [1.807, 2.05) is 36.4 Å². The van der Waals surface area contributed by atoms with Gasteiger partial charge in [0.25, 0.3) is 0 Å². The molecule has 0 aliphatic heterocycles. The van der Waals surface area contributed by atoms with E-state index in [9.17, 15) is 5.26 Å². The summed E-state index contributed by atoms with van der Waals surface area (Å²) in [5.74, 6) is 0. The monoisotopic (exact) mass is 675 g/mol. The lowest BCUT2D eigenvalue weighted by molar-refractivity contribution is 0.669. The minimum absolute atomic E-state index is 0.653. The molecule has 0 unspecified atom stereocenters. The van der Waals surface area contributed by atoms with Crippen LogP contribution < -0.4 is 0 Å². The number of aromatic nitrogens is 2. The highest BCUT2D eigenvalue weighted by atomic mass is 16.3. The van der Waals surface area contributed by atoms with Crippen molar-refractivity contribution in [2.45, 2.75) is 0 Å². The second-order valence-electron chi connectivity index (χ2n) is 13.7. The topological polar surface area (TPSA) is 46.8 Å². The maximum atomic E-state index is 9.39. The Morgan fingerprint density at radius 2 is 0.811 bits per heavy atom. The molecule has 0 spiro atoms. The lowest BCUT2D eigenvalue weighted by Crippen LogP contribution is -1.94. The standard InChI is InChI=1S/C49H29N3O/c50-30-31-14-20-37(21-15-31)52-44-12-6-4-10-38(44)40-26-32(16-22-45(40)52)33-17-23-46-41(27-33)42-28-34(18-24-47(42)51(46)36-8-2-1-3-9-36)35-19-25-49-43(29-35)39-11-5-7-13-48(39)53-49/h1-29H. The molecule has 0 fully saturated rings. The van der Waals surface area contributed by atoms with E-state index in [2.05, 4.69) is 155 Å². The summed E-state index contributed by atoms with van der Waals surface area (Å²) in [4.78, 5) is 0. The molecule has 0 N–H and O–H groups in total. The number of benzene rings is 8. The average Bonchev–Trinajstić information content (AvgIpc) is 3.88. The van der Waals surface area contributed by atoms with E-state index in [1.165, 1.54) is 43.7 Å². The summed E-state index contributed by atoms with van der Waals surface area (Å²) in [5, 5.41) is 16.5. The molecular weight excluding hydrogens is 647 g/mol. The van der Waals surface area contributed by atoms with Crippen LogP contribution in [0.25, 0.3) is 99.2 Å². The Hall–Kier alpha value is -7.35. The largest absolute Gasteiger partial charge is 0.456 e. The third-order valence-corrected chi connectivity index (χ3v) is 10.8. The Morgan fingerprint density at radius 1 is 0.358 bits per heavy atom. The zero-order valence-electron chi connectivity index (χ0n) is 28.5. The van der Waals surface area contributed by atoms with Crippen molar-refractivity contribution in [1.82, 2.24) is 9.13 Å². The second kappa shape index (κ2) is 11.3. The Labute approximate surface area is 304 Å². The van der Waals surface area contributed by atoms with Crippen LogP contribution in [0.3, 0.4) is 0 Å². The normalized spacial score (nSPS) is 11.8. The van der Waals surface area contributed by atoms with E-state index in [0.717, 1.165) is 55.5 Å². The fourth-order valence-electron chi connectivity index (χ4n) is 8.26. The Kier molecular flexibility index (Phi) is 6.28. The first-order chi connectivity index (χ1) is 26.2. The second-order valence-corrected chi connectivity index (χ2v) is 13.7. The zero-order chi connectivity index (χ0) is 35.0. The SMILES string of the molecule is N#Cc1ccc(-n2c3ccccc3c3cc(-c4ccc5c(c4)c4cc(-c6ccc7oc8ccccc8c7c6)ccc4n5-c4ccccc4)ccc32)cc1. The summed E-state index contributed by atoms with van der Waals surface area (Å²) in [7, 11) is 0.